The number of hydrogen-bond donors (Lipinski definition) is 1. The van der Waals surface area contributed by atoms with Gasteiger partial charge in [0.15, 0.2) is 0 Å². The van der Waals surface area contributed by atoms with Gasteiger partial charge in [0, 0.05) is 18.5 Å². The average molecular weight is 184 g/mol. The lowest BCUT2D eigenvalue weighted by molar-refractivity contribution is -0.117. The molecule has 1 unspecified atom stereocenters. The number of nitrogens with zero attached hydrogens (tertiary/aromatic N) is 1. The molecule has 0 spiro atoms. The Bertz CT molecular complexity index is 174. The van der Waals surface area contributed by atoms with Crippen molar-refractivity contribution in [3.63, 3.8) is 0 Å². The van der Waals surface area contributed by atoms with Gasteiger partial charge in [-0.25, -0.2) is 0 Å². The molecule has 0 aliphatic carbocycles. The predicted octanol–water partition coefficient (Wildman–Crippen LogP) is 0.304. The van der Waals surface area contributed by atoms with E-state index >= 15 is 0 Å². The lowest BCUT2D eigenvalue weighted by Crippen LogP contribution is -2.49. The summed E-state index contributed by atoms with van der Waals surface area (Å²) in [6.07, 6.45) is 2.62. The van der Waals surface area contributed by atoms with E-state index in [9.17, 15) is 0 Å². The van der Waals surface area contributed by atoms with Crippen molar-refractivity contribution in [2.24, 2.45) is 17.1 Å². The van der Waals surface area contributed by atoms with Crippen molar-refractivity contribution in [2.75, 3.05) is 39.9 Å². The van der Waals surface area contributed by atoms with Crippen LogP contribution in [0.25, 0.3) is 0 Å². The van der Waals surface area contributed by atoms with Gasteiger partial charge in [-0.05, 0) is 32.4 Å². The Morgan fingerprint density at radius 1 is 1.54 bits per heavy atom. The summed E-state index contributed by atoms with van der Waals surface area (Å²) in [5.41, 5.74) is 6.13. The van der Waals surface area contributed by atoms with Crippen molar-refractivity contribution in [1.82, 2.24) is 4.90 Å². The molecular weight excluding hydrogens is 164 g/mol. The summed E-state index contributed by atoms with van der Waals surface area (Å²) in [5, 5.41) is 0. The molecule has 0 radical (unpaired) electrons. The van der Waals surface area contributed by atoms with Gasteiger partial charge in [0.1, 0.15) is 0 Å². The third-order valence-electron chi connectivity index (χ3n) is 3.46. The fourth-order valence-electron chi connectivity index (χ4n) is 2.52. The molecule has 2 saturated heterocycles. The van der Waals surface area contributed by atoms with Crippen LogP contribution in [0.15, 0.2) is 0 Å². The van der Waals surface area contributed by atoms with Crippen LogP contribution in [0.1, 0.15) is 12.8 Å². The van der Waals surface area contributed by atoms with E-state index < -0.39 is 0 Å². The molecule has 2 rings (SSSR count). The first-order chi connectivity index (χ1) is 6.24. The second-order valence-corrected chi connectivity index (χ2v) is 4.82. The Morgan fingerprint density at radius 2 is 2.31 bits per heavy atom. The van der Waals surface area contributed by atoms with Gasteiger partial charge < -0.3 is 15.4 Å². The Hall–Kier alpha value is -0.120. The summed E-state index contributed by atoms with van der Waals surface area (Å²) in [6.45, 7) is 5.09. The van der Waals surface area contributed by atoms with Gasteiger partial charge >= 0.3 is 0 Å². The van der Waals surface area contributed by atoms with Crippen molar-refractivity contribution in [3.8, 4) is 0 Å². The maximum Gasteiger partial charge on any atom is 0.0557 e. The van der Waals surface area contributed by atoms with Gasteiger partial charge in [-0.15, -0.1) is 0 Å². The van der Waals surface area contributed by atoms with Crippen LogP contribution in [0.2, 0.25) is 0 Å². The average Bonchev–Trinajstić information content (AvgIpc) is 2.44. The molecule has 1 atom stereocenters. The molecule has 0 aromatic rings. The SMILES string of the molecule is CN1CCC(CC2(CN)COC2)C1. The monoisotopic (exact) mass is 184 g/mol. The van der Waals surface area contributed by atoms with Crippen molar-refractivity contribution < 1.29 is 4.74 Å². The lowest BCUT2D eigenvalue weighted by Gasteiger charge is -2.42. The molecule has 2 fully saturated rings. The highest BCUT2D eigenvalue weighted by Gasteiger charge is 2.40. The van der Waals surface area contributed by atoms with Crippen LogP contribution in [-0.2, 0) is 4.74 Å². The molecule has 2 heterocycles. The van der Waals surface area contributed by atoms with Crippen LogP contribution in [0.4, 0.5) is 0 Å². The number of ether oxygens (including phenoxy) is 1. The Kier molecular flexibility index (Phi) is 2.58. The van der Waals surface area contributed by atoms with Gasteiger partial charge in [-0.1, -0.05) is 0 Å². The van der Waals surface area contributed by atoms with E-state index in [1.54, 1.807) is 0 Å². The van der Waals surface area contributed by atoms with Crippen LogP contribution >= 0.6 is 0 Å². The van der Waals surface area contributed by atoms with Gasteiger partial charge in [0.25, 0.3) is 0 Å². The molecule has 0 amide bonds. The highest BCUT2D eigenvalue weighted by atomic mass is 16.5. The maximum absolute atomic E-state index is 5.79. The predicted molar refractivity (Wildman–Crippen MR) is 52.5 cm³/mol. The van der Waals surface area contributed by atoms with Gasteiger partial charge in [-0.2, -0.15) is 0 Å². The van der Waals surface area contributed by atoms with Crippen LogP contribution in [-0.4, -0.2) is 44.8 Å². The molecule has 0 saturated carbocycles. The molecule has 0 aromatic carbocycles. The van der Waals surface area contributed by atoms with Crippen molar-refractivity contribution in [2.45, 2.75) is 12.8 Å². The quantitative estimate of drug-likeness (QED) is 0.686. The zero-order valence-electron chi connectivity index (χ0n) is 8.46. The minimum atomic E-state index is 0.343. The fraction of sp³-hybridized carbons (Fsp3) is 1.00. The number of rotatable bonds is 3. The highest BCUT2D eigenvalue weighted by Crippen LogP contribution is 2.36. The lowest BCUT2D eigenvalue weighted by atomic mass is 9.77. The molecule has 3 nitrogen and oxygen atoms in total. The maximum atomic E-state index is 5.79. The van der Waals surface area contributed by atoms with Crippen molar-refractivity contribution >= 4 is 0 Å². The highest BCUT2D eigenvalue weighted by molar-refractivity contribution is 4.90. The second kappa shape index (κ2) is 3.56. The summed E-state index contributed by atoms with van der Waals surface area (Å²) in [4.78, 5) is 2.41. The van der Waals surface area contributed by atoms with E-state index in [0.29, 0.717) is 5.41 Å². The van der Waals surface area contributed by atoms with Gasteiger partial charge in [-0.3, -0.25) is 0 Å². The first kappa shape index (κ1) is 9.44. The Balaban J connectivity index is 1.83. The van der Waals surface area contributed by atoms with Crippen molar-refractivity contribution in [1.29, 1.82) is 0 Å². The first-order valence-corrected chi connectivity index (χ1v) is 5.20. The first-order valence-electron chi connectivity index (χ1n) is 5.20. The number of nitrogens with two attached hydrogens (primary N) is 1. The molecule has 0 aromatic heterocycles. The zero-order chi connectivity index (χ0) is 9.31. The molecule has 76 valence electrons. The molecular formula is C10H20N2O. The second-order valence-electron chi connectivity index (χ2n) is 4.82. The molecule has 2 N–H and O–H groups in total. The van der Waals surface area contributed by atoms with Crippen LogP contribution in [0.3, 0.4) is 0 Å². The fourth-order valence-corrected chi connectivity index (χ4v) is 2.52. The van der Waals surface area contributed by atoms with Gasteiger partial charge in [0.2, 0.25) is 0 Å². The summed E-state index contributed by atoms with van der Waals surface area (Å²) >= 11 is 0. The topological polar surface area (TPSA) is 38.5 Å². The van der Waals surface area contributed by atoms with E-state index in [2.05, 4.69) is 11.9 Å². The summed E-state index contributed by atoms with van der Waals surface area (Å²) in [7, 11) is 2.20. The summed E-state index contributed by atoms with van der Waals surface area (Å²) < 4.78 is 5.27. The molecule has 0 bridgehead atoms. The van der Waals surface area contributed by atoms with E-state index in [1.165, 1.54) is 25.9 Å². The smallest absolute Gasteiger partial charge is 0.0557 e. The molecule has 2 aliphatic rings. The third kappa shape index (κ3) is 1.87. The molecule has 13 heavy (non-hydrogen) atoms. The van der Waals surface area contributed by atoms with Gasteiger partial charge in [0.05, 0.1) is 13.2 Å². The van der Waals surface area contributed by atoms with Crippen LogP contribution in [0, 0.1) is 11.3 Å². The van der Waals surface area contributed by atoms with Crippen molar-refractivity contribution in [3.05, 3.63) is 0 Å². The summed E-state index contributed by atoms with van der Waals surface area (Å²) in [6, 6.07) is 0. The van der Waals surface area contributed by atoms with Crippen LogP contribution in [0.5, 0.6) is 0 Å². The Morgan fingerprint density at radius 3 is 2.69 bits per heavy atom. The minimum Gasteiger partial charge on any atom is -0.380 e. The minimum absolute atomic E-state index is 0.343. The number of hydrogen-bond acceptors (Lipinski definition) is 3. The summed E-state index contributed by atoms with van der Waals surface area (Å²) in [5.74, 6) is 0.859. The number of likely N-dealkylation sites (tertiary alicyclic amines) is 1. The largest absolute Gasteiger partial charge is 0.380 e. The Labute approximate surface area is 80.2 Å². The third-order valence-corrected chi connectivity index (χ3v) is 3.46. The normalized spacial score (nSPS) is 33.2. The standard InChI is InChI=1S/C10H20N2O/c1-12-3-2-9(5-12)4-10(6-11)7-13-8-10/h9H,2-8,11H2,1H3. The van der Waals surface area contributed by atoms with E-state index in [4.69, 9.17) is 10.5 Å². The van der Waals surface area contributed by atoms with E-state index in [-0.39, 0.29) is 0 Å². The molecule has 3 heteroatoms. The van der Waals surface area contributed by atoms with E-state index in [0.717, 1.165) is 25.7 Å². The van der Waals surface area contributed by atoms with Crippen LogP contribution < -0.4 is 5.73 Å². The zero-order valence-corrected chi connectivity index (χ0v) is 8.46. The van der Waals surface area contributed by atoms with E-state index in [1.807, 2.05) is 0 Å². The molecule has 2 aliphatic heterocycles.